The van der Waals surface area contributed by atoms with Crippen molar-refractivity contribution < 1.29 is 17.9 Å². The molecule has 2 bridgehead atoms. The van der Waals surface area contributed by atoms with E-state index in [-0.39, 0.29) is 64.4 Å². The first-order valence-corrected chi connectivity index (χ1v) is 17.1. The Bertz CT molecular complexity index is 2060. The second-order valence-corrected chi connectivity index (χ2v) is 14.7. The topological polar surface area (TPSA) is 92.4 Å². The van der Waals surface area contributed by atoms with Gasteiger partial charge in [-0.25, -0.2) is 18.2 Å². The van der Waals surface area contributed by atoms with Gasteiger partial charge >= 0.3 is 6.01 Å². The Morgan fingerprint density at radius 1 is 1.08 bits per heavy atom. The molecule has 0 amide bonds. The van der Waals surface area contributed by atoms with Crippen molar-refractivity contribution in [2.24, 2.45) is 5.92 Å². The van der Waals surface area contributed by atoms with Crippen molar-refractivity contribution in [3.8, 4) is 29.6 Å². The largest absolute Gasteiger partial charge is 0.461 e. The highest BCUT2D eigenvalue weighted by Gasteiger charge is 2.54. The van der Waals surface area contributed by atoms with Crippen LogP contribution in [-0.4, -0.2) is 69.5 Å². The smallest absolute Gasteiger partial charge is 0.319 e. The first kappa shape index (κ1) is 30.0. The van der Waals surface area contributed by atoms with Crippen LogP contribution in [0.2, 0.25) is 0 Å². The number of pyridine rings is 1. The van der Waals surface area contributed by atoms with E-state index in [0.29, 0.717) is 52.8 Å². The van der Waals surface area contributed by atoms with Gasteiger partial charge in [0.15, 0.2) is 11.6 Å². The molecule has 0 radical (unpaired) electrons. The number of anilines is 2. The average molecular weight is 654 g/mol. The first-order valence-electron chi connectivity index (χ1n) is 17.1. The van der Waals surface area contributed by atoms with Crippen LogP contribution < -0.4 is 20.7 Å². The number of ether oxygens (including phenoxy) is 1. The molecule has 2 aromatic heterocycles. The zero-order valence-electron chi connectivity index (χ0n) is 27.1. The number of fused-ring (bicyclic) bond motifs is 7. The zero-order valence-corrected chi connectivity index (χ0v) is 27.1. The molecule has 0 aliphatic carbocycles. The van der Waals surface area contributed by atoms with Crippen LogP contribution in [0, 0.1) is 29.9 Å². The summed E-state index contributed by atoms with van der Waals surface area (Å²) in [7, 11) is 0. The zero-order chi connectivity index (χ0) is 33.1. The fourth-order valence-electron chi connectivity index (χ4n) is 9.64. The second kappa shape index (κ2) is 10.4. The van der Waals surface area contributed by atoms with Gasteiger partial charge in [0.25, 0.3) is 0 Å². The molecule has 248 valence electrons. The molecule has 5 atom stereocenters. The summed E-state index contributed by atoms with van der Waals surface area (Å²) in [6, 6.07) is 5.97. The van der Waals surface area contributed by atoms with Crippen LogP contribution in [0.25, 0.3) is 32.9 Å². The molecular weight excluding hydrogens is 615 g/mol. The van der Waals surface area contributed by atoms with Gasteiger partial charge in [0.1, 0.15) is 29.5 Å². The first-order chi connectivity index (χ1) is 23.1. The number of hydrogen-bond donors (Lipinski definition) is 2. The van der Waals surface area contributed by atoms with Gasteiger partial charge in [-0.2, -0.15) is 9.97 Å². The number of hydrogen-bond acceptors (Lipinski definition) is 8. The minimum absolute atomic E-state index is 0.00731. The third kappa shape index (κ3) is 4.21. The van der Waals surface area contributed by atoms with Crippen LogP contribution >= 0.6 is 0 Å². The number of rotatable bonds is 4. The standard InChI is InChI=1S/C37H38F3N7O/c1-4-23-25(38)8-7-21-15-22(41)16-24(27(21)23)31-29(39)32-28-30(42-31)19(2)20(3)33-26-9-12-37(40,45-26)17-47(33)34(28)44-35(43-32)48-18-36-10-5-13-46(36)14-6-11-36/h1,7-8,15-16,19-20,26,33,45H,5-6,9-14,17-18,41H2,2-3H3/t19-,20+,26+,33+,37-/m1/s1. The fraction of sp³-hybridized carbons (Fsp3) is 0.486. The lowest BCUT2D eigenvalue weighted by Crippen LogP contribution is -2.64. The van der Waals surface area contributed by atoms with Crippen molar-refractivity contribution >= 4 is 33.2 Å². The molecule has 0 spiro atoms. The summed E-state index contributed by atoms with van der Waals surface area (Å²) >= 11 is 0. The Morgan fingerprint density at radius 3 is 2.65 bits per heavy atom. The number of terminal acetylenes is 1. The summed E-state index contributed by atoms with van der Waals surface area (Å²) < 4.78 is 55.0. The molecule has 48 heavy (non-hydrogen) atoms. The minimum atomic E-state index is -1.58. The number of nitrogen functional groups attached to an aromatic ring is 1. The number of aromatic nitrogens is 3. The summed E-state index contributed by atoms with van der Waals surface area (Å²) in [6.07, 6.45) is 11.1. The fourth-order valence-corrected chi connectivity index (χ4v) is 9.64. The van der Waals surface area contributed by atoms with Crippen LogP contribution in [-0.2, 0) is 0 Å². The van der Waals surface area contributed by atoms with Gasteiger partial charge in [-0.1, -0.05) is 25.8 Å². The number of benzene rings is 2. The van der Waals surface area contributed by atoms with E-state index >= 15 is 13.2 Å². The highest BCUT2D eigenvalue weighted by Crippen LogP contribution is 2.50. The maximum atomic E-state index is 17.3. The summed E-state index contributed by atoms with van der Waals surface area (Å²) in [5, 5.41) is 4.62. The van der Waals surface area contributed by atoms with Gasteiger partial charge in [-0.15, -0.1) is 6.42 Å². The Hall–Kier alpha value is -4.14. The molecule has 5 aliphatic heterocycles. The summed E-state index contributed by atoms with van der Waals surface area (Å²) in [5.41, 5.74) is 7.51. The van der Waals surface area contributed by atoms with Crippen molar-refractivity contribution in [2.75, 3.05) is 36.9 Å². The summed E-state index contributed by atoms with van der Waals surface area (Å²) in [6.45, 7) is 6.73. The number of nitrogens with one attached hydrogen (secondary N) is 1. The Morgan fingerprint density at radius 2 is 1.88 bits per heavy atom. The van der Waals surface area contributed by atoms with Crippen LogP contribution in [0.1, 0.15) is 69.5 Å². The molecule has 2 aromatic carbocycles. The van der Waals surface area contributed by atoms with Gasteiger partial charge in [0.05, 0.1) is 28.7 Å². The molecule has 4 saturated heterocycles. The Kier molecular flexibility index (Phi) is 6.51. The van der Waals surface area contributed by atoms with Crippen LogP contribution in [0.15, 0.2) is 24.3 Å². The molecular formula is C37H38F3N7O. The summed E-state index contributed by atoms with van der Waals surface area (Å²) in [5.74, 6) is -0.191. The molecule has 4 fully saturated rings. The highest BCUT2D eigenvalue weighted by atomic mass is 19.1. The van der Waals surface area contributed by atoms with Gasteiger partial charge in [-0.05, 0) is 81.1 Å². The average Bonchev–Trinajstić information content (AvgIpc) is 3.73. The monoisotopic (exact) mass is 653 g/mol. The van der Waals surface area contributed by atoms with Gasteiger partial charge in [0, 0.05) is 34.6 Å². The maximum Gasteiger partial charge on any atom is 0.319 e. The predicted octanol–water partition coefficient (Wildman–Crippen LogP) is 6.05. The molecule has 7 heterocycles. The Balaban J connectivity index is 1.30. The van der Waals surface area contributed by atoms with Crippen molar-refractivity contribution in [2.45, 2.75) is 81.7 Å². The van der Waals surface area contributed by atoms with E-state index in [2.05, 4.69) is 30.0 Å². The van der Waals surface area contributed by atoms with Crippen LogP contribution in [0.4, 0.5) is 24.7 Å². The molecule has 0 saturated carbocycles. The minimum Gasteiger partial charge on any atom is -0.461 e. The van der Waals surface area contributed by atoms with Crippen molar-refractivity contribution in [3.63, 3.8) is 0 Å². The highest BCUT2D eigenvalue weighted by molar-refractivity contribution is 6.04. The number of halogens is 3. The SMILES string of the molecule is C#Cc1c(F)ccc2cc(N)cc(-c3nc4c5c(nc(OCC67CCCN6CCC7)nc5c3F)N3C[C@@]5(F)CC[C@H](N5)[C@@H]3[C@@H](C)[C@H]4C)c12. The molecule has 0 unspecified atom stereocenters. The number of piperazine rings is 1. The van der Waals surface area contributed by atoms with E-state index < -0.39 is 17.4 Å². The van der Waals surface area contributed by atoms with Gasteiger partial charge in [-0.3, -0.25) is 10.2 Å². The number of alkyl halides is 1. The lowest BCUT2D eigenvalue weighted by Gasteiger charge is -2.46. The molecule has 3 N–H and O–H groups in total. The van der Waals surface area contributed by atoms with Crippen molar-refractivity contribution in [1.29, 1.82) is 0 Å². The predicted molar refractivity (Wildman–Crippen MR) is 180 cm³/mol. The molecule has 9 rings (SSSR count). The van der Waals surface area contributed by atoms with Crippen LogP contribution in [0.5, 0.6) is 6.01 Å². The van der Waals surface area contributed by atoms with E-state index in [4.69, 9.17) is 31.8 Å². The maximum absolute atomic E-state index is 17.3. The second-order valence-electron chi connectivity index (χ2n) is 14.7. The van der Waals surface area contributed by atoms with E-state index in [1.165, 1.54) is 6.07 Å². The number of nitrogens with zero attached hydrogens (tertiary/aromatic N) is 5. The quantitative estimate of drug-likeness (QED) is 0.156. The van der Waals surface area contributed by atoms with E-state index in [1.807, 2.05) is 4.90 Å². The van der Waals surface area contributed by atoms with E-state index in [9.17, 15) is 0 Å². The van der Waals surface area contributed by atoms with Crippen molar-refractivity contribution in [3.05, 3.63) is 47.2 Å². The molecule has 11 heteroatoms. The molecule has 4 aromatic rings. The molecule has 8 nitrogen and oxygen atoms in total. The lowest BCUT2D eigenvalue weighted by atomic mass is 9.82. The third-order valence-electron chi connectivity index (χ3n) is 12.1. The van der Waals surface area contributed by atoms with E-state index in [0.717, 1.165) is 38.8 Å². The Labute approximate surface area is 277 Å². The summed E-state index contributed by atoms with van der Waals surface area (Å²) in [4.78, 5) is 19.2. The molecule has 5 aliphatic rings. The number of nitrogens with two attached hydrogens (primary N) is 1. The lowest BCUT2D eigenvalue weighted by molar-refractivity contribution is 0.102. The van der Waals surface area contributed by atoms with Gasteiger partial charge < -0.3 is 15.4 Å². The third-order valence-corrected chi connectivity index (χ3v) is 12.1. The van der Waals surface area contributed by atoms with Gasteiger partial charge in [0.2, 0.25) is 0 Å². The van der Waals surface area contributed by atoms with Crippen molar-refractivity contribution in [1.82, 2.24) is 25.2 Å². The normalized spacial score (nSPS) is 28.8. The van der Waals surface area contributed by atoms with Crippen LogP contribution in [0.3, 0.4) is 0 Å². The van der Waals surface area contributed by atoms with E-state index in [1.54, 1.807) is 18.2 Å².